The highest BCUT2D eigenvalue weighted by Crippen LogP contribution is 2.23. The number of carbonyl (C=O) groups is 1. The molecule has 1 aromatic rings. The number of halogens is 1. The number of nitrogens with zero attached hydrogens (tertiary/aromatic N) is 2. The summed E-state index contributed by atoms with van der Waals surface area (Å²) in [5.74, 6) is 0.383. The summed E-state index contributed by atoms with van der Waals surface area (Å²) < 4.78 is 0. The normalized spacial score (nSPS) is 19.6. The van der Waals surface area contributed by atoms with Crippen molar-refractivity contribution in [3.05, 3.63) is 34.9 Å². The molecule has 1 fully saturated rings. The number of hydrogen-bond acceptors (Lipinski definition) is 2. The molecule has 1 aliphatic heterocycles. The van der Waals surface area contributed by atoms with Crippen LogP contribution in [0.25, 0.3) is 0 Å². The molecule has 2 rings (SSSR count). The Kier molecular flexibility index (Phi) is 5.06. The molecule has 20 heavy (non-hydrogen) atoms. The molecule has 0 spiro atoms. The van der Waals surface area contributed by atoms with E-state index in [1.54, 1.807) is 0 Å². The number of carbonyl (C=O) groups excluding carboxylic acids is 1. The Morgan fingerprint density at radius 2 is 2.15 bits per heavy atom. The van der Waals surface area contributed by atoms with Gasteiger partial charge >= 0.3 is 0 Å². The lowest BCUT2D eigenvalue weighted by Crippen LogP contribution is -2.41. The Morgan fingerprint density at radius 3 is 2.70 bits per heavy atom. The van der Waals surface area contributed by atoms with Gasteiger partial charge in [-0.15, -0.1) is 0 Å². The van der Waals surface area contributed by atoms with Crippen LogP contribution in [0.1, 0.15) is 25.8 Å². The van der Waals surface area contributed by atoms with Crippen LogP contribution in [0.2, 0.25) is 5.02 Å². The molecular weight excluding hydrogens is 272 g/mol. The highest BCUT2D eigenvalue weighted by Gasteiger charge is 2.31. The van der Waals surface area contributed by atoms with Crippen LogP contribution >= 0.6 is 11.6 Å². The fourth-order valence-corrected chi connectivity index (χ4v) is 2.89. The van der Waals surface area contributed by atoms with Gasteiger partial charge in [-0.25, -0.2) is 0 Å². The summed E-state index contributed by atoms with van der Waals surface area (Å²) in [6.45, 7) is 6.59. The maximum absolute atomic E-state index is 12.7. The van der Waals surface area contributed by atoms with Crippen molar-refractivity contribution in [1.82, 2.24) is 9.80 Å². The molecule has 1 atom stereocenters. The van der Waals surface area contributed by atoms with Gasteiger partial charge in [-0.05, 0) is 45.5 Å². The summed E-state index contributed by atoms with van der Waals surface area (Å²) in [4.78, 5) is 16.9. The summed E-state index contributed by atoms with van der Waals surface area (Å²) in [6.07, 6.45) is 0.959. The van der Waals surface area contributed by atoms with E-state index in [0.29, 0.717) is 6.54 Å². The average Bonchev–Trinajstić information content (AvgIpc) is 2.83. The predicted octanol–water partition coefficient (Wildman–Crippen LogP) is 3.03. The third-order valence-corrected chi connectivity index (χ3v) is 4.31. The second-order valence-corrected chi connectivity index (χ2v) is 6.31. The number of rotatable bonds is 4. The van der Waals surface area contributed by atoms with Crippen LogP contribution in [0.5, 0.6) is 0 Å². The lowest BCUT2D eigenvalue weighted by atomic mass is 10.1. The van der Waals surface area contributed by atoms with Crippen molar-refractivity contribution >= 4 is 17.5 Å². The molecular formula is C16H23ClN2O. The summed E-state index contributed by atoms with van der Waals surface area (Å²) in [7, 11) is 2.07. The molecule has 110 valence electrons. The average molecular weight is 295 g/mol. The predicted molar refractivity (Wildman–Crippen MR) is 82.7 cm³/mol. The minimum atomic E-state index is 0.130. The van der Waals surface area contributed by atoms with Crippen molar-refractivity contribution in [2.24, 2.45) is 5.92 Å². The molecule has 1 aromatic carbocycles. The Labute approximate surface area is 126 Å². The molecule has 0 N–H and O–H groups in total. The molecule has 3 nitrogen and oxygen atoms in total. The van der Waals surface area contributed by atoms with Gasteiger partial charge in [0.1, 0.15) is 0 Å². The second kappa shape index (κ2) is 6.59. The Hall–Kier alpha value is -1.06. The first kappa shape index (κ1) is 15.3. The van der Waals surface area contributed by atoms with Gasteiger partial charge in [0, 0.05) is 24.2 Å². The van der Waals surface area contributed by atoms with Crippen LogP contribution in [-0.2, 0) is 11.3 Å². The first-order chi connectivity index (χ1) is 9.49. The highest BCUT2D eigenvalue weighted by atomic mass is 35.5. The van der Waals surface area contributed by atoms with Gasteiger partial charge in [0.05, 0.1) is 5.92 Å². The zero-order valence-electron chi connectivity index (χ0n) is 12.5. The smallest absolute Gasteiger partial charge is 0.227 e. The number of likely N-dealkylation sites (tertiary alicyclic amines) is 1. The third kappa shape index (κ3) is 3.53. The van der Waals surface area contributed by atoms with Crippen molar-refractivity contribution in [1.29, 1.82) is 0 Å². The van der Waals surface area contributed by atoms with Crippen molar-refractivity contribution in [3.63, 3.8) is 0 Å². The summed E-state index contributed by atoms with van der Waals surface area (Å²) in [6, 6.07) is 7.94. The van der Waals surface area contributed by atoms with Crippen molar-refractivity contribution in [2.75, 3.05) is 20.1 Å². The van der Waals surface area contributed by atoms with E-state index < -0.39 is 0 Å². The quantitative estimate of drug-likeness (QED) is 0.852. The zero-order chi connectivity index (χ0) is 14.7. The molecule has 0 radical (unpaired) electrons. The van der Waals surface area contributed by atoms with Gasteiger partial charge in [-0.2, -0.15) is 0 Å². The molecule has 0 aliphatic carbocycles. The second-order valence-electron chi connectivity index (χ2n) is 5.90. The number of hydrogen-bond donors (Lipinski definition) is 0. The van der Waals surface area contributed by atoms with E-state index in [9.17, 15) is 4.79 Å². The van der Waals surface area contributed by atoms with Crippen LogP contribution in [0.4, 0.5) is 0 Å². The standard InChI is InChI=1S/C16H23ClN2O/c1-12(2)19(11-13-6-4-5-7-15(13)17)16(20)14-8-9-18(3)10-14/h4-7,12,14H,8-11H2,1-3H3/t14-/m0/s1. The fourth-order valence-electron chi connectivity index (χ4n) is 2.70. The minimum absolute atomic E-state index is 0.130. The van der Waals surface area contributed by atoms with Crippen LogP contribution in [0.15, 0.2) is 24.3 Å². The fraction of sp³-hybridized carbons (Fsp3) is 0.562. The zero-order valence-corrected chi connectivity index (χ0v) is 13.2. The van der Waals surface area contributed by atoms with E-state index in [-0.39, 0.29) is 17.9 Å². The van der Waals surface area contributed by atoms with E-state index in [1.807, 2.05) is 29.2 Å². The monoisotopic (exact) mass is 294 g/mol. The summed E-state index contributed by atoms with van der Waals surface area (Å²) >= 11 is 6.21. The van der Waals surface area contributed by atoms with E-state index in [1.165, 1.54) is 0 Å². The molecule has 0 saturated carbocycles. The summed E-state index contributed by atoms with van der Waals surface area (Å²) in [5.41, 5.74) is 1.02. The molecule has 1 amide bonds. The highest BCUT2D eigenvalue weighted by molar-refractivity contribution is 6.31. The maximum Gasteiger partial charge on any atom is 0.227 e. The van der Waals surface area contributed by atoms with E-state index in [4.69, 9.17) is 11.6 Å². The van der Waals surface area contributed by atoms with Gasteiger partial charge in [0.2, 0.25) is 5.91 Å². The Morgan fingerprint density at radius 1 is 1.45 bits per heavy atom. The van der Waals surface area contributed by atoms with Gasteiger partial charge in [-0.1, -0.05) is 29.8 Å². The molecule has 1 aliphatic rings. The van der Waals surface area contributed by atoms with Gasteiger partial charge < -0.3 is 9.80 Å². The molecule has 1 heterocycles. The molecule has 0 aromatic heterocycles. The maximum atomic E-state index is 12.7. The van der Waals surface area contributed by atoms with Gasteiger partial charge in [0.15, 0.2) is 0 Å². The molecule has 0 unspecified atom stereocenters. The van der Waals surface area contributed by atoms with Crippen LogP contribution in [-0.4, -0.2) is 41.9 Å². The first-order valence-corrected chi connectivity index (χ1v) is 7.59. The Balaban J connectivity index is 2.11. The van der Waals surface area contributed by atoms with Crippen molar-refractivity contribution in [2.45, 2.75) is 32.9 Å². The first-order valence-electron chi connectivity index (χ1n) is 7.21. The van der Waals surface area contributed by atoms with E-state index in [2.05, 4.69) is 25.8 Å². The van der Waals surface area contributed by atoms with Crippen LogP contribution in [0, 0.1) is 5.92 Å². The molecule has 0 bridgehead atoms. The van der Waals surface area contributed by atoms with Gasteiger partial charge in [0.25, 0.3) is 0 Å². The number of benzene rings is 1. The lowest BCUT2D eigenvalue weighted by Gasteiger charge is -2.29. The van der Waals surface area contributed by atoms with E-state index >= 15 is 0 Å². The lowest BCUT2D eigenvalue weighted by molar-refractivity contribution is -0.137. The Bertz CT molecular complexity index is 475. The molecule has 4 heteroatoms. The third-order valence-electron chi connectivity index (χ3n) is 3.95. The van der Waals surface area contributed by atoms with Gasteiger partial charge in [-0.3, -0.25) is 4.79 Å². The topological polar surface area (TPSA) is 23.6 Å². The SMILES string of the molecule is CC(C)N(Cc1ccccc1Cl)C(=O)[C@H]1CCN(C)C1. The minimum Gasteiger partial charge on any atom is -0.336 e. The van der Waals surface area contributed by atoms with Crippen molar-refractivity contribution in [3.8, 4) is 0 Å². The number of amides is 1. The largest absolute Gasteiger partial charge is 0.336 e. The van der Waals surface area contributed by atoms with Crippen LogP contribution in [0.3, 0.4) is 0 Å². The molecule has 1 saturated heterocycles. The van der Waals surface area contributed by atoms with E-state index in [0.717, 1.165) is 30.1 Å². The summed E-state index contributed by atoms with van der Waals surface area (Å²) in [5, 5.41) is 0.731. The van der Waals surface area contributed by atoms with Crippen molar-refractivity contribution < 1.29 is 4.79 Å². The van der Waals surface area contributed by atoms with Crippen LogP contribution < -0.4 is 0 Å².